The average molecular weight is 333 g/mol. The van der Waals surface area contributed by atoms with Crippen LogP contribution in [-0.2, 0) is 9.59 Å². The fourth-order valence-electron chi connectivity index (χ4n) is 2.08. The summed E-state index contributed by atoms with van der Waals surface area (Å²) >= 11 is 0. The van der Waals surface area contributed by atoms with Crippen molar-refractivity contribution in [3.05, 3.63) is 0 Å². The van der Waals surface area contributed by atoms with E-state index in [1.54, 1.807) is 6.92 Å². The lowest BCUT2D eigenvalue weighted by Gasteiger charge is -2.23. The Hall–Kier alpha value is -0.360. The van der Waals surface area contributed by atoms with Gasteiger partial charge in [-0.05, 0) is 47.0 Å². The molecule has 2 N–H and O–H groups in total. The summed E-state index contributed by atoms with van der Waals surface area (Å²) in [6.45, 7) is 7.52. The molecule has 0 aromatic rings. The molecule has 1 aliphatic heterocycles. The van der Waals surface area contributed by atoms with Crippen LogP contribution in [0, 0.1) is 0 Å². The summed E-state index contributed by atoms with van der Waals surface area (Å²) < 4.78 is 0. The van der Waals surface area contributed by atoms with Gasteiger partial charge in [-0.25, -0.2) is 0 Å². The molecule has 6 heteroatoms. The lowest BCUT2D eigenvalue weighted by atomic mass is 10.1. The van der Waals surface area contributed by atoms with Crippen LogP contribution in [0.4, 0.5) is 0 Å². The minimum atomic E-state index is -0.474. The Kier molecular flexibility index (Phi) is 7.95. The molecule has 1 aliphatic rings. The van der Waals surface area contributed by atoms with Crippen molar-refractivity contribution in [1.29, 1.82) is 0 Å². The largest absolute Gasteiger partial charge is 0.350 e. The number of nitrogens with one attached hydrogen (secondary N) is 2. The topological polar surface area (TPSA) is 58.2 Å². The molecule has 0 aromatic carbocycles. The SMILES string of the molecule is CC(NC(=O)CCCCC1CCSS1)C(=O)NC(C)(C)C. The fraction of sp³-hybridized carbons (Fsp3) is 0.867. The van der Waals surface area contributed by atoms with E-state index in [2.05, 4.69) is 10.6 Å². The second-order valence-corrected chi connectivity index (χ2v) is 9.39. The maximum atomic E-state index is 11.9. The predicted octanol–water partition coefficient (Wildman–Crippen LogP) is 3.12. The summed E-state index contributed by atoms with van der Waals surface area (Å²) in [6.07, 6.45) is 5.00. The molecule has 4 nitrogen and oxygen atoms in total. The second-order valence-electron chi connectivity index (χ2n) is 6.60. The molecule has 0 aliphatic carbocycles. The summed E-state index contributed by atoms with van der Waals surface area (Å²) in [7, 11) is 3.94. The third-order valence-corrected chi connectivity index (χ3v) is 6.18. The van der Waals surface area contributed by atoms with Crippen molar-refractivity contribution in [3.63, 3.8) is 0 Å². The predicted molar refractivity (Wildman–Crippen MR) is 92.4 cm³/mol. The van der Waals surface area contributed by atoms with E-state index >= 15 is 0 Å². The summed E-state index contributed by atoms with van der Waals surface area (Å²) in [6, 6.07) is -0.474. The minimum absolute atomic E-state index is 0.0278. The molecule has 1 heterocycles. The van der Waals surface area contributed by atoms with E-state index in [0.717, 1.165) is 18.1 Å². The molecule has 0 aromatic heterocycles. The number of rotatable bonds is 7. The van der Waals surface area contributed by atoms with Crippen molar-refractivity contribution in [2.24, 2.45) is 0 Å². The monoisotopic (exact) mass is 332 g/mol. The third-order valence-electron chi connectivity index (χ3n) is 3.18. The quantitative estimate of drug-likeness (QED) is 0.555. The number of carbonyl (C=O) groups is 2. The summed E-state index contributed by atoms with van der Waals surface area (Å²) in [5.41, 5.74) is -0.271. The van der Waals surface area contributed by atoms with E-state index in [9.17, 15) is 9.59 Å². The molecule has 0 saturated carbocycles. The number of hydrogen-bond acceptors (Lipinski definition) is 4. The van der Waals surface area contributed by atoms with Gasteiger partial charge in [-0.15, -0.1) is 0 Å². The highest BCUT2D eigenvalue weighted by atomic mass is 33.1. The Balaban J connectivity index is 2.12. The number of unbranched alkanes of at least 4 members (excludes halogenated alkanes) is 1. The Labute approximate surface area is 136 Å². The van der Waals surface area contributed by atoms with Crippen LogP contribution >= 0.6 is 21.6 Å². The van der Waals surface area contributed by atoms with Gasteiger partial charge < -0.3 is 10.6 Å². The van der Waals surface area contributed by atoms with Crippen molar-refractivity contribution >= 4 is 33.4 Å². The van der Waals surface area contributed by atoms with Gasteiger partial charge in [-0.3, -0.25) is 9.59 Å². The van der Waals surface area contributed by atoms with Gasteiger partial charge in [-0.1, -0.05) is 28.0 Å². The van der Waals surface area contributed by atoms with E-state index in [-0.39, 0.29) is 17.4 Å². The molecular weight excluding hydrogens is 304 g/mol. The van der Waals surface area contributed by atoms with Crippen molar-refractivity contribution in [2.45, 2.75) is 76.6 Å². The molecule has 21 heavy (non-hydrogen) atoms. The number of carbonyl (C=O) groups excluding carboxylic acids is 2. The lowest BCUT2D eigenvalue weighted by molar-refractivity contribution is -0.129. The van der Waals surface area contributed by atoms with Gasteiger partial charge in [0.25, 0.3) is 0 Å². The highest BCUT2D eigenvalue weighted by Crippen LogP contribution is 2.39. The lowest BCUT2D eigenvalue weighted by Crippen LogP contribution is -2.50. The van der Waals surface area contributed by atoms with Gasteiger partial charge in [0.1, 0.15) is 6.04 Å². The van der Waals surface area contributed by atoms with Crippen LogP contribution in [0.1, 0.15) is 59.8 Å². The molecule has 0 radical (unpaired) electrons. The summed E-state index contributed by atoms with van der Waals surface area (Å²) in [5, 5.41) is 6.41. The Morgan fingerprint density at radius 1 is 1.29 bits per heavy atom. The van der Waals surface area contributed by atoms with Crippen LogP contribution in [0.5, 0.6) is 0 Å². The molecule has 1 saturated heterocycles. The molecule has 1 rings (SSSR count). The van der Waals surface area contributed by atoms with Gasteiger partial charge >= 0.3 is 0 Å². The van der Waals surface area contributed by atoms with Crippen LogP contribution < -0.4 is 10.6 Å². The Bertz CT molecular complexity index is 350. The van der Waals surface area contributed by atoms with Crippen molar-refractivity contribution in [1.82, 2.24) is 10.6 Å². The van der Waals surface area contributed by atoms with Crippen molar-refractivity contribution < 1.29 is 9.59 Å². The van der Waals surface area contributed by atoms with Gasteiger partial charge in [0.2, 0.25) is 11.8 Å². The van der Waals surface area contributed by atoms with E-state index in [1.807, 2.05) is 42.4 Å². The maximum Gasteiger partial charge on any atom is 0.242 e. The van der Waals surface area contributed by atoms with E-state index < -0.39 is 6.04 Å². The van der Waals surface area contributed by atoms with E-state index in [0.29, 0.717) is 6.42 Å². The van der Waals surface area contributed by atoms with Crippen LogP contribution in [0.15, 0.2) is 0 Å². The summed E-state index contributed by atoms with van der Waals surface area (Å²) in [5.74, 6) is 1.10. The first kappa shape index (κ1) is 18.7. The number of amides is 2. The first-order chi connectivity index (χ1) is 9.78. The summed E-state index contributed by atoms with van der Waals surface area (Å²) in [4.78, 5) is 23.7. The normalized spacial score (nSPS) is 20.1. The van der Waals surface area contributed by atoms with E-state index in [4.69, 9.17) is 0 Å². The zero-order chi connectivity index (χ0) is 15.9. The third kappa shape index (κ3) is 8.61. The number of hydrogen-bond donors (Lipinski definition) is 2. The second kappa shape index (κ2) is 8.93. The molecule has 2 amide bonds. The van der Waals surface area contributed by atoms with Gasteiger partial charge in [-0.2, -0.15) is 0 Å². The van der Waals surface area contributed by atoms with Crippen LogP contribution in [0.25, 0.3) is 0 Å². The average Bonchev–Trinajstić information content (AvgIpc) is 2.85. The standard InChI is InChI=1S/C15H28N2O2S2/c1-11(14(19)17-15(2,3)4)16-13(18)8-6-5-7-12-9-10-20-21-12/h11-12H,5-10H2,1-4H3,(H,16,18)(H,17,19). The van der Waals surface area contributed by atoms with E-state index in [1.165, 1.54) is 18.6 Å². The van der Waals surface area contributed by atoms with Gasteiger partial charge in [0.05, 0.1) is 0 Å². The van der Waals surface area contributed by atoms with Crippen molar-refractivity contribution in [2.75, 3.05) is 5.75 Å². The highest BCUT2D eigenvalue weighted by molar-refractivity contribution is 8.77. The molecular formula is C15H28N2O2S2. The molecule has 0 spiro atoms. The molecule has 1 fully saturated rings. The van der Waals surface area contributed by atoms with Gasteiger partial charge in [0, 0.05) is 23.0 Å². The molecule has 2 atom stereocenters. The maximum absolute atomic E-state index is 11.9. The van der Waals surface area contributed by atoms with Crippen LogP contribution in [-0.4, -0.2) is 34.4 Å². The minimum Gasteiger partial charge on any atom is -0.350 e. The Morgan fingerprint density at radius 2 is 2.00 bits per heavy atom. The van der Waals surface area contributed by atoms with Crippen LogP contribution in [0.2, 0.25) is 0 Å². The van der Waals surface area contributed by atoms with Crippen molar-refractivity contribution in [3.8, 4) is 0 Å². The zero-order valence-corrected chi connectivity index (χ0v) is 15.2. The van der Waals surface area contributed by atoms with Gasteiger partial charge in [0.15, 0.2) is 0 Å². The fourth-order valence-corrected chi connectivity index (χ4v) is 5.11. The first-order valence-corrected chi connectivity index (χ1v) is 10.1. The molecule has 122 valence electrons. The molecule has 0 bridgehead atoms. The Morgan fingerprint density at radius 3 is 2.57 bits per heavy atom. The smallest absolute Gasteiger partial charge is 0.242 e. The van der Waals surface area contributed by atoms with Crippen LogP contribution in [0.3, 0.4) is 0 Å². The zero-order valence-electron chi connectivity index (χ0n) is 13.5. The first-order valence-electron chi connectivity index (χ1n) is 7.67. The highest BCUT2D eigenvalue weighted by Gasteiger charge is 2.20. The molecule has 2 unspecified atom stereocenters.